The van der Waals surface area contributed by atoms with Crippen molar-refractivity contribution in [2.24, 2.45) is 0 Å². The van der Waals surface area contributed by atoms with E-state index in [9.17, 15) is 13.2 Å². The first-order valence-corrected chi connectivity index (χ1v) is 10.5. The number of ketones is 1. The van der Waals surface area contributed by atoms with Crippen molar-refractivity contribution in [2.75, 3.05) is 6.54 Å². The molecule has 0 N–H and O–H groups in total. The van der Waals surface area contributed by atoms with Crippen molar-refractivity contribution in [1.82, 2.24) is 9.29 Å². The summed E-state index contributed by atoms with van der Waals surface area (Å²) in [6.45, 7) is 1.85. The van der Waals surface area contributed by atoms with Crippen LogP contribution in [0.4, 0.5) is 0 Å². The minimum absolute atomic E-state index is 0.0921. The van der Waals surface area contributed by atoms with Gasteiger partial charge in [-0.25, -0.2) is 8.42 Å². The van der Waals surface area contributed by atoms with Gasteiger partial charge in [0.05, 0.1) is 10.9 Å². The molecule has 1 unspecified atom stereocenters. The number of aromatic nitrogens is 1. The zero-order valence-corrected chi connectivity index (χ0v) is 16.3. The van der Waals surface area contributed by atoms with Gasteiger partial charge in [-0.1, -0.05) is 36.4 Å². The first-order valence-electron chi connectivity index (χ1n) is 9.09. The number of sulfonamides is 1. The number of hydrogen-bond acceptors (Lipinski definition) is 4. The quantitative estimate of drug-likeness (QED) is 0.636. The first-order chi connectivity index (χ1) is 13.5. The predicted molar refractivity (Wildman–Crippen MR) is 107 cm³/mol. The Morgan fingerprint density at radius 3 is 2.36 bits per heavy atom. The van der Waals surface area contributed by atoms with E-state index in [1.54, 1.807) is 28.8 Å². The molecule has 1 atom stereocenters. The number of Topliss-reactive ketones (excluding diaryl/α,β-unsaturated/α-hetero) is 1. The molecule has 4 rings (SSSR count). The van der Waals surface area contributed by atoms with Crippen LogP contribution in [0, 0.1) is 0 Å². The molecule has 1 aliphatic heterocycles. The lowest BCUT2D eigenvalue weighted by Crippen LogP contribution is -2.40. The second-order valence-corrected chi connectivity index (χ2v) is 8.72. The number of carbonyl (C=O) groups excluding carboxylic acids is 1. The Kier molecular flexibility index (Phi) is 4.83. The van der Waals surface area contributed by atoms with Crippen molar-refractivity contribution in [3.8, 4) is 0 Å². The molecule has 0 spiro atoms. The van der Waals surface area contributed by atoms with Crippen LogP contribution in [0.25, 0.3) is 0 Å². The van der Waals surface area contributed by atoms with Crippen molar-refractivity contribution in [3.63, 3.8) is 0 Å². The number of benzene rings is 2. The van der Waals surface area contributed by atoms with E-state index in [0.29, 0.717) is 18.5 Å². The van der Waals surface area contributed by atoms with Gasteiger partial charge in [0.2, 0.25) is 10.0 Å². The van der Waals surface area contributed by atoms with Crippen LogP contribution in [0.15, 0.2) is 78.0 Å². The van der Waals surface area contributed by atoms with Crippen LogP contribution >= 0.6 is 0 Å². The monoisotopic (exact) mass is 392 g/mol. The lowest BCUT2D eigenvalue weighted by Gasteiger charge is -2.36. The van der Waals surface area contributed by atoms with E-state index >= 15 is 0 Å². The lowest BCUT2D eigenvalue weighted by molar-refractivity contribution is 0.101. The fourth-order valence-corrected chi connectivity index (χ4v) is 5.29. The largest absolute Gasteiger partial charge is 0.295 e. The van der Waals surface area contributed by atoms with Crippen LogP contribution in [0.3, 0.4) is 0 Å². The summed E-state index contributed by atoms with van der Waals surface area (Å²) in [4.78, 5) is 15.8. The lowest BCUT2D eigenvalue weighted by atomic mass is 9.90. The van der Waals surface area contributed by atoms with Crippen molar-refractivity contribution in [2.45, 2.75) is 24.3 Å². The van der Waals surface area contributed by atoms with Crippen LogP contribution in [-0.2, 0) is 16.4 Å². The summed E-state index contributed by atoms with van der Waals surface area (Å²) in [7, 11) is -3.74. The van der Waals surface area contributed by atoms with Gasteiger partial charge in [0.1, 0.15) is 0 Å². The molecular weight excluding hydrogens is 372 g/mol. The highest BCUT2D eigenvalue weighted by molar-refractivity contribution is 7.89. The number of pyridine rings is 1. The highest BCUT2D eigenvalue weighted by Crippen LogP contribution is 2.38. The van der Waals surface area contributed by atoms with E-state index in [1.165, 1.54) is 19.1 Å². The topological polar surface area (TPSA) is 67.3 Å². The number of nitrogens with zero attached hydrogens (tertiary/aromatic N) is 2. The SMILES string of the molecule is CC(=O)c1ccc(S(=O)(=O)N2CCc3ccccc3C2c2ccncc2)cc1. The van der Waals surface area contributed by atoms with E-state index in [-0.39, 0.29) is 10.7 Å². The smallest absolute Gasteiger partial charge is 0.243 e. The van der Waals surface area contributed by atoms with Crippen LogP contribution in [0.2, 0.25) is 0 Å². The molecule has 3 aromatic rings. The van der Waals surface area contributed by atoms with Gasteiger partial charge in [-0.05, 0) is 54.3 Å². The summed E-state index contributed by atoms with van der Waals surface area (Å²) >= 11 is 0. The molecule has 1 aliphatic rings. The molecule has 0 aliphatic carbocycles. The van der Waals surface area contributed by atoms with Gasteiger partial charge in [0.15, 0.2) is 5.78 Å². The second kappa shape index (κ2) is 7.30. The number of fused-ring (bicyclic) bond motifs is 1. The first kappa shape index (κ1) is 18.5. The van der Waals surface area contributed by atoms with Gasteiger partial charge in [-0.2, -0.15) is 4.31 Å². The molecule has 5 nitrogen and oxygen atoms in total. The van der Waals surface area contributed by atoms with E-state index in [1.807, 2.05) is 30.3 Å². The Hall–Kier alpha value is -2.83. The van der Waals surface area contributed by atoms with Gasteiger partial charge in [-0.15, -0.1) is 0 Å². The number of carbonyl (C=O) groups is 1. The zero-order chi connectivity index (χ0) is 19.7. The summed E-state index contributed by atoms with van der Waals surface area (Å²) in [5, 5.41) is 0. The van der Waals surface area contributed by atoms with E-state index in [0.717, 1.165) is 16.7 Å². The standard InChI is InChI=1S/C22H20N2O3S/c1-16(25)17-6-8-20(9-7-17)28(26,27)24-15-12-18-4-2-3-5-21(18)22(24)19-10-13-23-14-11-19/h2-11,13-14,22H,12,15H2,1H3. The summed E-state index contributed by atoms with van der Waals surface area (Å²) in [5.74, 6) is -0.0921. The molecule has 1 aromatic heterocycles. The summed E-state index contributed by atoms with van der Waals surface area (Å²) in [6.07, 6.45) is 4.01. The molecule has 2 aromatic carbocycles. The molecule has 0 bridgehead atoms. The fourth-order valence-electron chi connectivity index (χ4n) is 3.69. The van der Waals surface area contributed by atoms with Crippen molar-refractivity contribution in [3.05, 3.63) is 95.3 Å². The predicted octanol–water partition coefficient (Wildman–Crippen LogP) is 3.62. The van der Waals surface area contributed by atoms with E-state index < -0.39 is 16.1 Å². The van der Waals surface area contributed by atoms with E-state index in [4.69, 9.17) is 0 Å². The zero-order valence-electron chi connectivity index (χ0n) is 15.4. The molecule has 6 heteroatoms. The highest BCUT2D eigenvalue weighted by Gasteiger charge is 2.37. The maximum Gasteiger partial charge on any atom is 0.243 e. The Morgan fingerprint density at radius 1 is 1.00 bits per heavy atom. The number of rotatable bonds is 4. The molecular formula is C22H20N2O3S. The van der Waals surface area contributed by atoms with Gasteiger partial charge in [-0.3, -0.25) is 9.78 Å². The van der Waals surface area contributed by atoms with Crippen molar-refractivity contribution in [1.29, 1.82) is 0 Å². The molecule has 0 fully saturated rings. The summed E-state index contributed by atoms with van der Waals surface area (Å²) in [5.41, 5.74) is 3.52. The second-order valence-electron chi connectivity index (χ2n) is 6.83. The summed E-state index contributed by atoms with van der Waals surface area (Å²) < 4.78 is 28.5. The average molecular weight is 392 g/mol. The van der Waals surface area contributed by atoms with Gasteiger partial charge in [0.25, 0.3) is 0 Å². The molecule has 0 saturated heterocycles. The minimum atomic E-state index is -3.74. The third-order valence-electron chi connectivity index (χ3n) is 5.13. The summed E-state index contributed by atoms with van der Waals surface area (Å²) in [6, 6.07) is 17.4. The highest BCUT2D eigenvalue weighted by atomic mass is 32.2. The van der Waals surface area contributed by atoms with Crippen LogP contribution in [0.5, 0.6) is 0 Å². The third kappa shape index (κ3) is 3.25. The average Bonchev–Trinajstić information content (AvgIpc) is 2.73. The third-order valence-corrected chi connectivity index (χ3v) is 7.01. The van der Waals surface area contributed by atoms with Gasteiger partial charge < -0.3 is 0 Å². The van der Waals surface area contributed by atoms with Crippen molar-refractivity contribution >= 4 is 15.8 Å². The maximum atomic E-state index is 13.5. The number of hydrogen-bond donors (Lipinski definition) is 0. The van der Waals surface area contributed by atoms with Crippen LogP contribution < -0.4 is 0 Å². The Morgan fingerprint density at radius 2 is 1.68 bits per heavy atom. The minimum Gasteiger partial charge on any atom is -0.295 e. The Balaban J connectivity index is 1.82. The van der Waals surface area contributed by atoms with Gasteiger partial charge >= 0.3 is 0 Å². The molecule has 2 heterocycles. The fraction of sp³-hybridized carbons (Fsp3) is 0.182. The molecule has 0 radical (unpaired) electrons. The molecule has 142 valence electrons. The van der Waals surface area contributed by atoms with Crippen LogP contribution in [0.1, 0.15) is 40.0 Å². The Labute approximate surface area is 164 Å². The molecule has 0 saturated carbocycles. The normalized spacial score (nSPS) is 17.1. The molecule has 28 heavy (non-hydrogen) atoms. The van der Waals surface area contributed by atoms with Crippen LogP contribution in [-0.4, -0.2) is 30.0 Å². The van der Waals surface area contributed by atoms with E-state index in [2.05, 4.69) is 11.1 Å². The van der Waals surface area contributed by atoms with Gasteiger partial charge in [0, 0.05) is 24.5 Å². The maximum absolute atomic E-state index is 13.5. The van der Waals surface area contributed by atoms with Crippen molar-refractivity contribution < 1.29 is 13.2 Å². The molecule has 0 amide bonds. The Bertz CT molecular complexity index is 1110.